The molecule has 0 fully saturated rings. The fourth-order valence-electron chi connectivity index (χ4n) is 0.930. The van der Waals surface area contributed by atoms with Gasteiger partial charge in [-0.3, -0.25) is 0 Å². The average molecular weight is 170 g/mol. The third-order valence-electron chi connectivity index (χ3n) is 1.59. The molecular weight excluding hydrogens is 156 g/mol. The third-order valence-corrected chi connectivity index (χ3v) is 1.59. The fourth-order valence-corrected chi connectivity index (χ4v) is 0.930. The topological polar surface area (TPSA) is 74.4 Å². The number of ether oxygens (including phenoxy) is 1. The Kier molecular flexibility index (Phi) is 3.28. The third kappa shape index (κ3) is 2.07. The predicted octanol–water partition coefficient (Wildman–Crippen LogP) is 0.385. The molecule has 1 aromatic heterocycles. The molecule has 1 atom stereocenters. The maximum absolute atomic E-state index is 5.64. The summed E-state index contributed by atoms with van der Waals surface area (Å²) in [6.45, 7) is 0.858. The standard InChI is InChI=1S/C8H14N2O2/c1-11-5-6-2-3-8(12-6)7(10)4-9/h2-3,7H,4-5,9-10H2,1H3. The smallest absolute Gasteiger partial charge is 0.129 e. The molecule has 1 rings (SSSR count). The molecule has 1 heterocycles. The van der Waals surface area contributed by atoms with Crippen LogP contribution in [0.2, 0.25) is 0 Å². The van der Waals surface area contributed by atoms with Crippen molar-refractivity contribution >= 4 is 0 Å². The summed E-state index contributed by atoms with van der Waals surface area (Å²) in [5.41, 5.74) is 11.0. The van der Waals surface area contributed by atoms with Crippen LogP contribution in [0.15, 0.2) is 16.5 Å². The molecular formula is C8H14N2O2. The molecule has 4 heteroatoms. The lowest BCUT2D eigenvalue weighted by Crippen LogP contribution is -2.19. The van der Waals surface area contributed by atoms with Gasteiger partial charge < -0.3 is 20.6 Å². The summed E-state index contributed by atoms with van der Waals surface area (Å²) < 4.78 is 10.2. The van der Waals surface area contributed by atoms with Gasteiger partial charge in [0.1, 0.15) is 18.1 Å². The van der Waals surface area contributed by atoms with E-state index in [1.165, 1.54) is 0 Å². The first-order valence-electron chi connectivity index (χ1n) is 3.81. The SMILES string of the molecule is COCc1ccc(C(N)CN)o1. The summed E-state index contributed by atoms with van der Waals surface area (Å²) in [5.74, 6) is 1.49. The van der Waals surface area contributed by atoms with E-state index in [0.29, 0.717) is 18.9 Å². The highest BCUT2D eigenvalue weighted by Crippen LogP contribution is 2.13. The Morgan fingerprint density at radius 3 is 2.92 bits per heavy atom. The van der Waals surface area contributed by atoms with Crippen LogP contribution in [0.5, 0.6) is 0 Å². The molecule has 0 aromatic carbocycles. The molecule has 1 aromatic rings. The maximum atomic E-state index is 5.64. The quantitative estimate of drug-likeness (QED) is 0.685. The van der Waals surface area contributed by atoms with Crippen molar-refractivity contribution in [2.24, 2.45) is 11.5 Å². The predicted molar refractivity (Wildman–Crippen MR) is 45.4 cm³/mol. The zero-order valence-electron chi connectivity index (χ0n) is 7.12. The van der Waals surface area contributed by atoms with Crippen LogP contribution in [0.4, 0.5) is 0 Å². The lowest BCUT2D eigenvalue weighted by molar-refractivity contribution is 0.162. The van der Waals surface area contributed by atoms with Crippen molar-refractivity contribution in [3.05, 3.63) is 23.7 Å². The monoisotopic (exact) mass is 170 g/mol. The average Bonchev–Trinajstić information content (AvgIpc) is 2.52. The highest BCUT2D eigenvalue weighted by atomic mass is 16.5. The minimum absolute atomic E-state index is 0.212. The summed E-state index contributed by atoms with van der Waals surface area (Å²) in [6, 6.07) is 3.45. The molecule has 0 aliphatic rings. The van der Waals surface area contributed by atoms with Gasteiger partial charge in [-0.25, -0.2) is 0 Å². The Balaban J connectivity index is 2.63. The van der Waals surface area contributed by atoms with Crippen LogP contribution in [-0.4, -0.2) is 13.7 Å². The molecule has 0 spiro atoms. The van der Waals surface area contributed by atoms with Crippen molar-refractivity contribution in [3.8, 4) is 0 Å². The minimum atomic E-state index is -0.212. The molecule has 0 aliphatic carbocycles. The molecule has 0 saturated heterocycles. The number of methoxy groups -OCH3 is 1. The van der Waals surface area contributed by atoms with Crippen molar-refractivity contribution in [2.45, 2.75) is 12.6 Å². The summed E-state index contributed by atoms with van der Waals surface area (Å²) >= 11 is 0. The number of hydrogen-bond donors (Lipinski definition) is 2. The van der Waals surface area contributed by atoms with Gasteiger partial charge in [-0.05, 0) is 12.1 Å². The van der Waals surface area contributed by atoms with Gasteiger partial charge in [-0.15, -0.1) is 0 Å². The number of rotatable bonds is 4. The second-order valence-electron chi connectivity index (χ2n) is 2.58. The van der Waals surface area contributed by atoms with Crippen molar-refractivity contribution in [1.29, 1.82) is 0 Å². The molecule has 0 saturated carbocycles. The largest absolute Gasteiger partial charge is 0.462 e. The van der Waals surface area contributed by atoms with Crippen LogP contribution >= 0.6 is 0 Å². The minimum Gasteiger partial charge on any atom is -0.462 e. The van der Waals surface area contributed by atoms with E-state index in [-0.39, 0.29) is 6.04 Å². The molecule has 12 heavy (non-hydrogen) atoms. The van der Waals surface area contributed by atoms with Crippen molar-refractivity contribution in [2.75, 3.05) is 13.7 Å². The molecule has 1 unspecified atom stereocenters. The molecule has 68 valence electrons. The molecule has 0 radical (unpaired) electrons. The van der Waals surface area contributed by atoms with Gasteiger partial charge in [0.25, 0.3) is 0 Å². The Labute approximate surface area is 71.5 Å². The Morgan fingerprint density at radius 1 is 1.58 bits per heavy atom. The van der Waals surface area contributed by atoms with E-state index in [2.05, 4.69) is 0 Å². The second-order valence-corrected chi connectivity index (χ2v) is 2.58. The summed E-state index contributed by atoms with van der Waals surface area (Å²) in [4.78, 5) is 0. The summed E-state index contributed by atoms with van der Waals surface area (Å²) in [6.07, 6.45) is 0. The summed E-state index contributed by atoms with van der Waals surface area (Å²) in [5, 5.41) is 0. The molecule has 4 N–H and O–H groups in total. The van der Waals surface area contributed by atoms with Crippen LogP contribution in [0.1, 0.15) is 17.6 Å². The zero-order valence-corrected chi connectivity index (χ0v) is 7.12. The van der Waals surface area contributed by atoms with Gasteiger partial charge in [-0.2, -0.15) is 0 Å². The maximum Gasteiger partial charge on any atom is 0.129 e. The van der Waals surface area contributed by atoms with E-state index in [0.717, 1.165) is 5.76 Å². The van der Waals surface area contributed by atoms with E-state index < -0.39 is 0 Å². The Morgan fingerprint density at radius 2 is 2.33 bits per heavy atom. The number of hydrogen-bond acceptors (Lipinski definition) is 4. The van der Waals surface area contributed by atoms with Gasteiger partial charge in [0.15, 0.2) is 0 Å². The van der Waals surface area contributed by atoms with Gasteiger partial charge in [0, 0.05) is 13.7 Å². The van der Waals surface area contributed by atoms with Crippen LogP contribution in [-0.2, 0) is 11.3 Å². The molecule has 0 bridgehead atoms. The number of nitrogens with two attached hydrogens (primary N) is 2. The highest BCUT2D eigenvalue weighted by Gasteiger charge is 2.08. The van der Waals surface area contributed by atoms with Crippen LogP contribution in [0.3, 0.4) is 0 Å². The Hall–Kier alpha value is -0.840. The first kappa shape index (κ1) is 9.25. The van der Waals surface area contributed by atoms with Crippen molar-refractivity contribution in [1.82, 2.24) is 0 Å². The van der Waals surface area contributed by atoms with E-state index in [1.54, 1.807) is 7.11 Å². The first-order chi connectivity index (χ1) is 5.77. The lowest BCUT2D eigenvalue weighted by atomic mass is 10.2. The van der Waals surface area contributed by atoms with Gasteiger partial charge >= 0.3 is 0 Å². The highest BCUT2D eigenvalue weighted by molar-refractivity contribution is 5.10. The fraction of sp³-hybridized carbons (Fsp3) is 0.500. The lowest BCUT2D eigenvalue weighted by Gasteiger charge is -2.03. The zero-order chi connectivity index (χ0) is 8.97. The van der Waals surface area contributed by atoms with Gasteiger partial charge in [-0.1, -0.05) is 0 Å². The second kappa shape index (κ2) is 4.25. The van der Waals surface area contributed by atoms with Gasteiger partial charge in [0.05, 0.1) is 6.04 Å². The van der Waals surface area contributed by atoms with E-state index in [4.69, 9.17) is 20.6 Å². The normalized spacial score (nSPS) is 13.2. The van der Waals surface area contributed by atoms with E-state index in [1.807, 2.05) is 12.1 Å². The molecule has 0 amide bonds. The van der Waals surface area contributed by atoms with Crippen LogP contribution < -0.4 is 11.5 Å². The first-order valence-corrected chi connectivity index (χ1v) is 3.81. The van der Waals surface area contributed by atoms with E-state index >= 15 is 0 Å². The van der Waals surface area contributed by atoms with Gasteiger partial charge in [0.2, 0.25) is 0 Å². The number of furan rings is 1. The molecule has 4 nitrogen and oxygen atoms in total. The van der Waals surface area contributed by atoms with E-state index in [9.17, 15) is 0 Å². The van der Waals surface area contributed by atoms with Crippen molar-refractivity contribution < 1.29 is 9.15 Å². The molecule has 0 aliphatic heterocycles. The van der Waals surface area contributed by atoms with Crippen LogP contribution in [0.25, 0.3) is 0 Å². The van der Waals surface area contributed by atoms with Crippen molar-refractivity contribution in [3.63, 3.8) is 0 Å². The van der Waals surface area contributed by atoms with Crippen LogP contribution in [0, 0.1) is 0 Å². The summed E-state index contributed by atoms with van der Waals surface area (Å²) in [7, 11) is 1.62. The Bertz CT molecular complexity index is 235.